The Kier molecular flexibility index (Phi) is 5.07. The molecule has 0 aromatic heterocycles. The monoisotopic (exact) mass is 404 g/mol. The van der Waals surface area contributed by atoms with Crippen molar-refractivity contribution < 1.29 is 22.3 Å². The van der Waals surface area contributed by atoms with Crippen LogP contribution in [0, 0.1) is 5.82 Å². The summed E-state index contributed by atoms with van der Waals surface area (Å²) in [4.78, 5) is 12.0. The SMILES string of the molecule is O=C(NCC1Cc2ccccc2O1)c1ccc(F)c(S(=O)(=O)N2CCCC2)c1. The predicted molar refractivity (Wildman–Crippen MR) is 101 cm³/mol. The van der Waals surface area contributed by atoms with Gasteiger partial charge in [-0.25, -0.2) is 12.8 Å². The summed E-state index contributed by atoms with van der Waals surface area (Å²) in [5.41, 5.74) is 1.19. The molecule has 148 valence electrons. The lowest BCUT2D eigenvalue weighted by Gasteiger charge is -2.17. The van der Waals surface area contributed by atoms with E-state index >= 15 is 0 Å². The van der Waals surface area contributed by atoms with Crippen molar-refractivity contribution in [2.24, 2.45) is 0 Å². The normalized spacial score (nSPS) is 19.2. The second-order valence-electron chi connectivity index (χ2n) is 7.02. The molecule has 1 amide bonds. The molecule has 6 nitrogen and oxygen atoms in total. The van der Waals surface area contributed by atoms with E-state index in [-0.39, 0.29) is 18.2 Å². The van der Waals surface area contributed by atoms with Gasteiger partial charge in [0.25, 0.3) is 5.91 Å². The van der Waals surface area contributed by atoms with Crippen LogP contribution in [0.2, 0.25) is 0 Å². The second-order valence-corrected chi connectivity index (χ2v) is 8.92. The molecule has 1 fully saturated rings. The molecular formula is C20H21FN2O4S. The average molecular weight is 404 g/mol. The number of fused-ring (bicyclic) bond motifs is 1. The number of carbonyl (C=O) groups is 1. The van der Waals surface area contributed by atoms with Crippen LogP contribution in [0.15, 0.2) is 47.4 Å². The third kappa shape index (κ3) is 3.62. The molecule has 8 heteroatoms. The summed E-state index contributed by atoms with van der Waals surface area (Å²) >= 11 is 0. The molecule has 0 bridgehead atoms. The number of nitrogens with zero attached hydrogens (tertiary/aromatic N) is 1. The maximum atomic E-state index is 14.2. The molecule has 28 heavy (non-hydrogen) atoms. The third-order valence-corrected chi connectivity index (χ3v) is 6.99. The fourth-order valence-corrected chi connectivity index (χ4v) is 5.19. The van der Waals surface area contributed by atoms with E-state index in [0.717, 1.165) is 36.3 Å². The van der Waals surface area contributed by atoms with Crippen molar-refractivity contribution in [3.63, 3.8) is 0 Å². The van der Waals surface area contributed by atoms with Gasteiger partial charge >= 0.3 is 0 Å². The van der Waals surface area contributed by atoms with Gasteiger partial charge in [-0.3, -0.25) is 4.79 Å². The summed E-state index contributed by atoms with van der Waals surface area (Å²) in [6.45, 7) is 1.02. The topological polar surface area (TPSA) is 75.7 Å². The Morgan fingerprint density at radius 3 is 2.68 bits per heavy atom. The summed E-state index contributed by atoms with van der Waals surface area (Å²) in [5.74, 6) is -0.502. The summed E-state index contributed by atoms with van der Waals surface area (Å²) in [5, 5.41) is 2.75. The van der Waals surface area contributed by atoms with Gasteiger partial charge in [0.05, 0.1) is 6.54 Å². The van der Waals surface area contributed by atoms with Crippen molar-refractivity contribution in [1.29, 1.82) is 0 Å². The molecule has 1 N–H and O–H groups in total. The van der Waals surface area contributed by atoms with Crippen LogP contribution in [-0.4, -0.2) is 44.4 Å². The number of ether oxygens (including phenoxy) is 1. The van der Waals surface area contributed by atoms with Gasteiger partial charge in [0.1, 0.15) is 22.6 Å². The third-order valence-electron chi connectivity index (χ3n) is 5.08. The number of hydrogen-bond acceptors (Lipinski definition) is 4. The zero-order chi connectivity index (χ0) is 19.7. The Bertz CT molecular complexity index is 978. The van der Waals surface area contributed by atoms with Crippen molar-refractivity contribution in [2.45, 2.75) is 30.3 Å². The zero-order valence-electron chi connectivity index (χ0n) is 15.2. The van der Waals surface area contributed by atoms with Crippen molar-refractivity contribution in [3.05, 3.63) is 59.4 Å². The number of halogens is 1. The fraction of sp³-hybridized carbons (Fsp3) is 0.350. The molecule has 1 atom stereocenters. The van der Waals surface area contributed by atoms with Crippen LogP contribution in [0.5, 0.6) is 5.75 Å². The van der Waals surface area contributed by atoms with Crippen molar-refractivity contribution >= 4 is 15.9 Å². The Labute approximate surface area is 163 Å². The van der Waals surface area contributed by atoms with Crippen LogP contribution in [0.3, 0.4) is 0 Å². The average Bonchev–Trinajstić information content (AvgIpc) is 3.36. The minimum Gasteiger partial charge on any atom is -0.488 e. The number of rotatable bonds is 5. The van der Waals surface area contributed by atoms with E-state index in [0.29, 0.717) is 19.5 Å². The van der Waals surface area contributed by atoms with E-state index in [1.165, 1.54) is 10.4 Å². The van der Waals surface area contributed by atoms with Gasteiger partial charge in [0.15, 0.2) is 0 Å². The van der Waals surface area contributed by atoms with Crippen molar-refractivity contribution in [1.82, 2.24) is 9.62 Å². The molecule has 1 unspecified atom stereocenters. The molecule has 0 saturated carbocycles. The van der Waals surface area contributed by atoms with Gasteiger partial charge in [0.2, 0.25) is 10.0 Å². The molecular weight excluding hydrogens is 383 g/mol. The second kappa shape index (κ2) is 7.52. The quantitative estimate of drug-likeness (QED) is 0.830. The van der Waals surface area contributed by atoms with Gasteiger partial charge in [-0.2, -0.15) is 4.31 Å². The van der Waals surface area contributed by atoms with Crippen LogP contribution in [-0.2, 0) is 16.4 Å². The van der Waals surface area contributed by atoms with Crippen LogP contribution >= 0.6 is 0 Å². The van der Waals surface area contributed by atoms with E-state index in [2.05, 4.69) is 5.32 Å². The summed E-state index contributed by atoms with van der Waals surface area (Å²) in [6.07, 6.45) is 2.01. The first kappa shape index (κ1) is 18.9. The molecule has 2 heterocycles. The van der Waals surface area contributed by atoms with Gasteiger partial charge < -0.3 is 10.1 Å². The van der Waals surface area contributed by atoms with Crippen LogP contribution < -0.4 is 10.1 Å². The van der Waals surface area contributed by atoms with Gasteiger partial charge in [0, 0.05) is 25.1 Å². The zero-order valence-corrected chi connectivity index (χ0v) is 16.0. The van der Waals surface area contributed by atoms with Crippen LogP contribution in [0.25, 0.3) is 0 Å². The standard InChI is InChI=1S/C20H21FN2O4S/c21-17-8-7-15(12-19(17)28(25,26)23-9-3-4-10-23)20(24)22-13-16-11-14-5-1-2-6-18(14)27-16/h1-2,5-8,12,16H,3-4,9-11,13H2,(H,22,24). The number of sulfonamides is 1. The molecule has 2 aliphatic heterocycles. The molecule has 2 aromatic rings. The minimum atomic E-state index is -3.94. The number of benzene rings is 2. The maximum Gasteiger partial charge on any atom is 0.251 e. The Balaban J connectivity index is 1.45. The Hall–Kier alpha value is -2.45. The first-order valence-electron chi connectivity index (χ1n) is 9.27. The van der Waals surface area contributed by atoms with Crippen LogP contribution in [0.1, 0.15) is 28.8 Å². The Morgan fingerprint density at radius 2 is 1.93 bits per heavy atom. The lowest BCUT2D eigenvalue weighted by atomic mass is 10.1. The highest BCUT2D eigenvalue weighted by Gasteiger charge is 2.30. The van der Waals surface area contributed by atoms with E-state index in [4.69, 9.17) is 4.74 Å². The molecule has 0 spiro atoms. The molecule has 1 saturated heterocycles. The number of hydrogen-bond donors (Lipinski definition) is 1. The van der Waals surface area contributed by atoms with E-state index < -0.39 is 26.6 Å². The Morgan fingerprint density at radius 1 is 1.18 bits per heavy atom. The van der Waals surface area contributed by atoms with Gasteiger partial charge in [-0.05, 0) is 42.7 Å². The fourth-order valence-electron chi connectivity index (χ4n) is 3.59. The number of para-hydroxylation sites is 1. The number of carbonyl (C=O) groups excluding carboxylic acids is 1. The summed E-state index contributed by atoms with van der Waals surface area (Å²) in [6, 6.07) is 11.1. The lowest BCUT2D eigenvalue weighted by Crippen LogP contribution is -2.34. The number of nitrogens with one attached hydrogen (secondary N) is 1. The maximum absolute atomic E-state index is 14.2. The van der Waals surface area contributed by atoms with Crippen molar-refractivity contribution in [3.8, 4) is 5.75 Å². The summed E-state index contributed by atoms with van der Waals surface area (Å²) in [7, 11) is -3.94. The van der Waals surface area contributed by atoms with E-state index in [1.807, 2.05) is 24.3 Å². The van der Waals surface area contributed by atoms with Crippen molar-refractivity contribution in [2.75, 3.05) is 19.6 Å². The predicted octanol–water partition coefficient (Wildman–Crippen LogP) is 2.34. The largest absolute Gasteiger partial charge is 0.488 e. The van der Waals surface area contributed by atoms with E-state index in [1.54, 1.807) is 0 Å². The van der Waals surface area contributed by atoms with Gasteiger partial charge in [-0.1, -0.05) is 18.2 Å². The molecule has 2 aromatic carbocycles. The molecule has 0 aliphatic carbocycles. The summed E-state index contributed by atoms with van der Waals surface area (Å²) < 4.78 is 46.6. The highest BCUT2D eigenvalue weighted by Crippen LogP contribution is 2.28. The highest BCUT2D eigenvalue weighted by molar-refractivity contribution is 7.89. The van der Waals surface area contributed by atoms with Crippen LogP contribution in [0.4, 0.5) is 4.39 Å². The minimum absolute atomic E-state index is 0.106. The lowest BCUT2D eigenvalue weighted by molar-refractivity contribution is 0.0933. The molecule has 4 rings (SSSR count). The smallest absolute Gasteiger partial charge is 0.251 e. The van der Waals surface area contributed by atoms with Gasteiger partial charge in [-0.15, -0.1) is 0 Å². The molecule has 2 aliphatic rings. The highest BCUT2D eigenvalue weighted by atomic mass is 32.2. The molecule has 0 radical (unpaired) electrons. The first-order chi connectivity index (χ1) is 13.4. The number of amides is 1. The van der Waals surface area contributed by atoms with E-state index in [9.17, 15) is 17.6 Å². The first-order valence-corrected chi connectivity index (χ1v) is 10.7.